The van der Waals surface area contributed by atoms with E-state index in [2.05, 4.69) is 20.9 Å². The molecule has 0 atom stereocenters. The van der Waals surface area contributed by atoms with Crippen molar-refractivity contribution in [2.75, 3.05) is 7.11 Å². The van der Waals surface area contributed by atoms with Gasteiger partial charge in [0.2, 0.25) is 5.88 Å². The fourth-order valence-electron chi connectivity index (χ4n) is 0.892. The van der Waals surface area contributed by atoms with E-state index in [0.717, 1.165) is 0 Å². The zero-order valence-corrected chi connectivity index (χ0v) is 8.54. The zero-order valence-electron chi connectivity index (χ0n) is 6.95. The lowest BCUT2D eigenvalue weighted by atomic mass is 10.2. The summed E-state index contributed by atoms with van der Waals surface area (Å²) in [6.07, 6.45) is 0. The predicted octanol–water partition coefficient (Wildman–Crippen LogP) is 1.68. The highest BCUT2D eigenvalue weighted by molar-refractivity contribution is 9.08. The number of hydrogen-bond acceptors (Lipinski definition) is 3. The van der Waals surface area contributed by atoms with Gasteiger partial charge < -0.3 is 9.84 Å². The highest BCUT2D eigenvalue weighted by Crippen LogP contribution is 2.15. The lowest BCUT2D eigenvalue weighted by Gasteiger charge is -2.03. The highest BCUT2D eigenvalue weighted by Gasteiger charge is 2.10. The van der Waals surface area contributed by atoms with E-state index in [1.54, 1.807) is 0 Å². The quantitative estimate of drug-likeness (QED) is 0.824. The van der Waals surface area contributed by atoms with Crippen LogP contribution in [0.5, 0.6) is 5.88 Å². The van der Waals surface area contributed by atoms with Crippen LogP contribution in [-0.4, -0.2) is 23.2 Å². The standard InChI is InChI=1S/C8H8BrNO3/c1-13-7-3-2-5(8(11)12)6(4-9)10-7/h2-3H,4H2,1H3,(H,11,12). The van der Waals surface area contributed by atoms with Crippen LogP contribution in [0.3, 0.4) is 0 Å². The maximum Gasteiger partial charge on any atom is 0.337 e. The van der Waals surface area contributed by atoms with Crippen LogP contribution in [0.1, 0.15) is 16.1 Å². The van der Waals surface area contributed by atoms with Crippen molar-refractivity contribution in [3.63, 3.8) is 0 Å². The third-order valence-corrected chi connectivity index (χ3v) is 2.05. The summed E-state index contributed by atoms with van der Waals surface area (Å²) >= 11 is 3.16. The number of hydrogen-bond donors (Lipinski definition) is 1. The van der Waals surface area contributed by atoms with Crippen molar-refractivity contribution in [2.24, 2.45) is 0 Å². The number of aromatic carboxylic acids is 1. The van der Waals surface area contributed by atoms with Gasteiger partial charge in [-0.15, -0.1) is 0 Å². The smallest absolute Gasteiger partial charge is 0.337 e. The summed E-state index contributed by atoms with van der Waals surface area (Å²) in [4.78, 5) is 14.7. The largest absolute Gasteiger partial charge is 0.481 e. The highest BCUT2D eigenvalue weighted by atomic mass is 79.9. The normalized spacial score (nSPS) is 9.69. The molecule has 0 unspecified atom stereocenters. The minimum Gasteiger partial charge on any atom is -0.481 e. The Morgan fingerprint density at radius 1 is 1.69 bits per heavy atom. The number of halogens is 1. The lowest BCUT2D eigenvalue weighted by Crippen LogP contribution is -2.04. The molecule has 0 aliphatic heterocycles. The van der Waals surface area contributed by atoms with E-state index in [4.69, 9.17) is 9.84 Å². The first-order valence-corrected chi connectivity index (χ1v) is 4.64. The summed E-state index contributed by atoms with van der Waals surface area (Å²) in [6, 6.07) is 3.00. The van der Waals surface area contributed by atoms with Crippen LogP contribution in [0.2, 0.25) is 0 Å². The van der Waals surface area contributed by atoms with Crippen molar-refractivity contribution < 1.29 is 14.6 Å². The molecule has 0 aliphatic carbocycles. The number of aromatic nitrogens is 1. The van der Waals surface area contributed by atoms with Gasteiger partial charge in [-0.2, -0.15) is 0 Å². The summed E-state index contributed by atoms with van der Waals surface area (Å²) in [6.45, 7) is 0. The van der Waals surface area contributed by atoms with Gasteiger partial charge in [-0.05, 0) is 6.07 Å². The number of carboxylic acids is 1. The molecule has 70 valence electrons. The van der Waals surface area contributed by atoms with E-state index in [1.807, 2.05) is 0 Å². The number of pyridine rings is 1. The van der Waals surface area contributed by atoms with Gasteiger partial charge in [0.1, 0.15) is 0 Å². The van der Waals surface area contributed by atoms with Crippen molar-refractivity contribution in [2.45, 2.75) is 5.33 Å². The van der Waals surface area contributed by atoms with Gasteiger partial charge in [-0.3, -0.25) is 0 Å². The molecule has 1 rings (SSSR count). The molecular weight excluding hydrogens is 238 g/mol. The maximum absolute atomic E-state index is 10.7. The van der Waals surface area contributed by atoms with E-state index in [-0.39, 0.29) is 5.56 Å². The Labute approximate surface area is 83.7 Å². The molecule has 0 saturated heterocycles. The molecule has 0 saturated carbocycles. The van der Waals surface area contributed by atoms with Gasteiger partial charge in [-0.25, -0.2) is 9.78 Å². The second-order valence-corrected chi connectivity index (χ2v) is 2.85. The average Bonchev–Trinajstić information content (AvgIpc) is 2.16. The second kappa shape index (κ2) is 4.23. The van der Waals surface area contributed by atoms with Crippen molar-refractivity contribution in [1.82, 2.24) is 4.98 Å². The molecule has 0 fully saturated rings. The molecule has 0 bridgehead atoms. The van der Waals surface area contributed by atoms with Crippen molar-refractivity contribution in [3.8, 4) is 5.88 Å². The minimum atomic E-state index is -0.982. The van der Waals surface area contributed by atoms with Crippen LogP contribution in [0.25, 0.3) is 0 Å². The Morgan fingerprint density at radius 3 is 2.85 bits per heavy atom. The molecular formula is C8H8BrNO3. The van der Waals surface area contributed by atoms with Crippen LogP contribution < -0.4 is 4.74 Å². The average molecular weight is 246 g/mol. The fourth-order valence-corrected chi connectivity index (χ4v) is 1.32. The van der Waals surface area contributed by atoms with Gasteiger partial charge in [0.05, 0.1) is 18.4 Å². The third kappa shape index (κ3) is 2.18. The molecule has 13 heavy (non-hydrogen) atoms. The van der Waals surface area contributed by atoms with Crippen LogP contribution >= 0.6 is 15.9 Å². The summed E-state index contributed by atoms with van der Waals surface area (Å²) < 4.78 is 4.87. The molecule has 4 nitrogen and oxygen atoms in total. The molecule has 0 radical (unpaired) electrons. The number of rotatable bonds is 3. The first-order chi connectivity index (χ1) is 6.19. The molecule has 1 aromatic heterocycles. The molecule has 0 aliphatic rings. The zero-order chi connectivity index (χ0) is 9.84. The summed E-state index contributed by atoms with van der Waals surface area (Å²) in [5.74, 6) is -0.566. The van der Waals surface area contributed by atoms with Crippen molar-refractivity contribution in [3.05, 3.63) is 23.4 Å². The van der Waals surface area contributed by atoms with E-state index < -0.39 is 5.97 Å². The first-order valence-electron chi connectivity index (χ1n) is 3.52. The van der Waals surface area contributed by atoms with Crippen molar-refractivity contribution >= 4 is 21.9 Å². The number of nitrogens with zero attached hydrogens (tertiary/aromatic N) is 1. The maximum atomic E-state index is 10.7. The van der Waals surface area contributed by atoms with Crippen LogP contribution in [-0.2, 0) is 5.33 Å². The molecule has 5 heteroatoms. The first kappa shape index (κ1) is 9.98. The lowest BCUT2D eigenvalue weighted by molar-refractivity contribution is 0.0695. The van der Waals surface area contributed by atoms with Crippen molar-refractivity contribution in [1.29, 1.82) is 0 Å². The monoisotopic (exact) mass is 245 g/mol. The number of carboxylic acid groups (broad SMARTS) is 1. The van der Waals surface area contributed by atoms with Crippen LogP contribution in [0.4, 0.5) is 0 Å². The SMILES string of the molecule is COc1ccc(C(=O)O)c(CBr)n1. The summed E-state index contributed by atoms with van der Waals surface area (Å²) in [5, 5.41) is 9.15. The molecule has 1 N–H and O–H groups in total. The van der Waals surface area contributed by atoms with Crippen LogP contribution in [0, 0.1) is 0 Å². The number of ether oxygens (including phenoxy) is 1. The Kier molecular flexibility index (Phi) is 3.25. The predicted molar refractivity (Wildman–Crippen MR) is 50.4 cm³/mol. The summed E-state index contributed by atoms with van der Waals surface area (Å²) in [7, 11) is 1.49. The number of carbonyl (C=O) groups is 1. The molecule has 0 aromatic carbocycles. The third-order valence-electron chi connectivity index (χ3n) is 1.51. The molecule has 0 spiro atoms. The van der Waals surface area contributed by atoms with E-state index in [9.17, 15) is 4.79 Å². The Hall–Kier alpha value is -1.10. The Morgan fingerprint density at radius 2 is 2.38 bits per heavy atom. The van der Waals surface area contributed by atoms with E-state index >= 15 is 0 Å². The van der Waals surface area contributed by atoms with Gasteiger partial charge in [0, 0.05) is 11.4 Å². The molecule has 0 amide bonds. The molecule has 1 aromatic rings. The van der Waals surface area contributed by atoms with E-state index in [0.29, 0.717) is 16.9 Å². The number of methoxy groups -OCH3 is 1. The van der Waals surface area contributed by atoms with Crippen LogP contribution in [0.15, 0.2) is 12.1 Å². The fraction of sp³-hybridized carbons (Fsp3) is 0.250. The van der Waals surface area contributed by atoms with Gasteiger partial charge >= 0.3 is 5.97 Å². The van der Waals surface area contributed by atoms with E-state index in [1.165, 1.54) is 19.2 Å². The minimum absolute atomic E-state index is 0.192. The topological polar surface area (TPSA) is 59.4 Å². The Bertz CT molecular complexity index is 327. The Balaban J connectivity index is 3.15. The summed E-state index contributed by atoms with van der Waals surface area (Å²) in [5.41, 5.74) is 0.657. The van der Waals surface area contributed by atoms with Gasteiger partial charge in [0.25, 0.3) is 0 Å². The van der Waals surface area contributed by atoms with Gasteiger partial charge in [-0.1, -0.05) is 15.9 Å². The van der Waals surface area contributed by atoms with Gasteiger partial charge in [0.15, 0.2) is 0 Å². The molecule has 1 heterocycles. The number of alkyl halides is 1. The second-order valence-electron chi connectivity index (χ2n) is 2.29.